The van der Waals surface area contributed by atoms with E-state index in [2.05, 4.69) is 37.7 Å². The van der Waals surface area contributed by atoms with Gasteiger partial charge in [0, 0.05) is 23.4 Å². The molecule has 1 aromatic carbocycles. The molecule has 0 saturated carbocycles. The average molecular weight is 326 g/mol. The number of nitrogens with zero attached hydrogens (tertiary/aromatic N) is 2. The predicted molar refractivity (Wildman–Crippen MR) is 77.5 cm³/mol. The van der Waals surface area contributed by atoms with E-state index in [1.165, 1.54) is 12.1 Å². The van der Waals surface area contributed by atoms with Crippen LogP contribution >= 0.6 is 15.9 Å². The second-order valence-corrected chi connectivity index (χ2v) is 5.22. The normalized spacial score (nSPS) is 12.6. The molecule has 0 amide bonds. The summed E-state index contributed by atoms with van der Waals surface area (Å²) >= 11 is 3.48. The summed E-state index contributed by atoms with van der Waals surface area (Å²) in [4.78, 5) is 4.41. The van der Waals surface area contributed by atoms with Gasteiger partial charge >= 0.3 is 0 Å². The fourth-order valence-electron chi connectivity index (χ4n) is 2.17. The molecule has 2 aromatic rings. The first-order valence-corrected chi connectivity index (χ1v) is 7.10. The van der Waals surface area contributed by atoms with E-state index < -0.39 is 0 Å². The van der Waals surface area contributed by atoms with Gasteiger partial charge in [-0.1, -0.05) is 22.9 Å². The van der Waals surface area contributed by atoms with Crippen LogP contribution in [0, 0.1) is 5.82 Å². The van der Waals surface area contributed by atoms with Crippen molar-refractivity contribution >= 4 is 15.9 Å². The SMILES string of the molecule is CCCn1ccnc1C(NC)c1cc(F)ccc1Br. The van der Waals surface area contributed by atoms with Gasteiger partial charge in [-0.3, -0.25) is 0 Å². The first kappa shape index (κ1) is 14.2. The van der Waals surface area contributed by atoms with Crippen molar-refractivity contribution in [3.8, 4) is 0 Å². The number of imidazole rings is 1. The van der Waals surface area contributed by atoms with Gasteiger partial charge in [0.2, 0.25) is 0 Å². The molecule has 0 aliphatic carbocycles. The molecule has 1 N–H and O–H groups in total. The van der Waals surface area contributed by atoms with Gasteiger partial charge < -0.3 is 9.88 Å². The molecule has 0 fully saturated rings. The largest absolute Gasteiger partial charge is 0.333 e. The van der Waals surface area contributed by atoms with Crippen LogP contribution < -0.4 is 5.32 Å². The number of hydrogen-bond acceptors (Lipinski definition) is 2. The van der Waals surface area contributed by atoms with Gasteiger partial charge in [-0.15, -0.1) is 0 Å². The lowest BCUT2D eigenvalue weighted by Gasteiger charge is -2.19. The van der Waals surface area contributed by atoms with Gasteiger partial charge in [0.05, 0.1) is 6.04 Å². The van der Waals surface area contributed by atoms with E-state index in [9.17, 15) is 4.39 Å². The summed E-state index contributed by atoms with van der Waals surface area (Å²) in [5.41, 5.74) is 0.853. The van der Waals surface area contributed by atoms with Crippen LogP contribution in [0.3, 0.4) is 0 Å². The standard InChI is InChI=1S/C14H17BrFN3/c1-3-7-19-8-6-18-14(19)13(17-2)11-9-10(16)4-5-12(11)15/h4-6,8-9,13,17H,3,7H2,1-2H3. The molecule has 3 nitrogen and oxygen atoms in total. The van der Waals surface area contributed by atoms with E-state index >= 15 is 0 Å². The van der Waals surface area contributed by atoms with E-state index in [1.54, 1.807) is 12.3 Å². The number of halogens is 2. The van der Waals surface area contributed by atoms with Gasteiger partial charge in [-0.05, 0) is 37.2 Å². The minimum absolute atomic E-state index is 0.133. The minimum Gasteiger partial charge on any atom is -0.333 e. The third-order valence-corrected chi connectivity index (χ3v) is 3.75. The average Bonchev–Trinajstić information content (AvgIpc) is 2.83. The van der Waals surface area contributed by atoms with Crippen molar-refractivity contribution in [2.75, 3.05) is 7.05 Å². The van der Waals surface area contributed by atoms with E-state index in [0.29, 0.717) is 0 Å². The van der Waals surface area contributed by atoms with Crippen LogP contribution in [0.2, 0.25) is 0 Å². The van der Waals surface area contributed by atoms with Gasteiger partial charge in [0.1, 0.15) is 11.6 Å². The summed E-state index contributed by atoms with van der Waals surface area (Å²) in [6.45, 7) is 3.02. The molecule has 102 valence electrons. The first-order chi connectivity index (χ1) is 9.17. The summed E-state index contributed by atoms with van der Waals surface area (Å²) in [6, 6.07) is 4.57. The molecule has 1 aromatic heterocycles. The number of benzene rings is 1. The Hall–Kier alpha value is -1.20. The molecule has 2 rings (SSSR count). The molecule has 0 aliphatic heterocycles. The third-order valence-electron chi connectivity index (χ3n) is 3.03. The summed E-state index contributed by atoms with van der Waals surface area (Å²) < 4.78 is 16.4. The summed E-state index contributed by atoms with van der Waals surface area (Å²) in [7, 11) is 1.85. The Balaban J connectivity index is 2.44. The zero-order valence-corrected chi connectivity index (χ0v) is 12.6. The quantitative estimate of drug-likeness (QED) is 0.911. The molecule has 0 radical (unpaired) electrons. The van der Waals surface area contributed by atoms with Gasteiger partial charge in [-0.2, -0.15) is 0 Å². The summed E-state index contributed by atoms with van der Waals surface area (Å²) in [5.74, 6) is 0.655. The van der Waals surface area contributed by atoms with Gasteiger partial charge in [0.15, 0.2) is 0 Å². The van der Waals surface area contributed by atoms with Crippen LogP contribution in [0.1, 0.15) is 30.8 Å². The Morgan fingerprint density at radius 2 is 2.26 bits per heavy atom. The topological polar surface area (TPSA) is 29.9 Å². The summed E-state index contributed by atoms with van der Waals surface area (Å²) in [6.07, 6.45) is 4.77. The molecular weight excluding hydrogens is 309 g/mol. The summed E-state index contributed by atoms with van der Waals surface area (Å²) in [5, 5.41) is 3.21. The van der Waals surface area contributed by atoms with Crippen LogP contribution in [0.25, 0.3) is 0 Å². The Morgan fingerprint density at radius 3 is 2.95 bits per heavy atom. The lowest BCUT2D eigenvalue weighted by Crippen LogP contribution is -2.22. The molecule has 1 atom stereocenters. The smallest absolute Gasteiger partial charge is 0.130 e. The molecule has 0 bridgehead atoms. The van der Waals surface area contributed by atoms with Crippen molar-refractivity contribution in [3.05, 3.63) is 52.3 Å². The molecule has 1 heterocycles. The maximum absolute atomic E-state index is 13.5. The Labute approximate surface area is 121 Å². The highest BCUT2D eigenvalue weighted by molar-refractivity contribution is 9.10. The Kier molecular flexibility index (Phi) is 4.71. The highest BCUT2D eigenvalue weighted by atomic mass is 79.9. The monoisotopic (exact) mass is 325 g/mol. The molecule has 0 saturated heterocycles. The fraction of sp³-hybridized carbons (Fsp3) is 0.357. The van der Waals surface area contributed by atoms with E-state index in [-0.39, 0.29) is 11.9 Å². The second kappa shape index (κ2) is 6.30. The fourth-order valence-corrected chi connectivity index (χ4v) is 2.65. The number of nitrogens with one attached hydrogen (secondary N) is 1. The van der Waals surface area contributed by atoms with Crippen LogP contribution in [-0.2, 0) is 6.54 Å². The van der Waals surface area contributed by atoms with Crippen LogP contribution in [0.4, 0.5) is 4.39 Å². The highest BCUT2D eigenvalue weighted by Crippen LogP contribution is 2.28. The third kappa shape index (κ3) is 3.04. The van der Waals surface area contributed by atoms with E-state index in [1.807, 2.05) is 13.2 Å². The van der Waals surface area contributed by atoms with Crippen LogP contribution in [0.5, 0.6) is 0 Å². The lowest BCUT2D eigenvalue weighted by atomic mass is 10.1. The van der Waals surface area contributed by atoms with Crippen molar-refractivity contribution in [3.63, 3.8) is 0 Å². The maximum Gasteiger partial charge on any atom is 0.130 e. The van der Waals surface area contributed by atoms with Crippen molar-refractivity contribution in [2.24, 2.45) is 0 Å². The number of hydrogen-bond donors (Lipinski definition) is 1. The Morgan fingerprint density at radius 1 is 1.47 bits per heavy atom. The highest BCUT2D eigenvalue weighted by Gasteiger charge is 2.20. The van der Waals surface area contributed by atoms with Gasteiger partial charge in [0.25, 0.3) is 0 Å². The first-order valence-electron chi connectivity index (χ1n) is 6.30. The zero-order chi connectivity index (χ0) is 13.8. The maximum atomic E-state index is 13.5. The minimum atomic E-state index is -0.243. The zero-order valence-electron chi connectivity index (χ0n) is 11.0. The van der Waals surface area contributed by atoms with E-state index in [0.717, 1.165) is 28.8 Å². The van der Waals surface area contributed by atoms with Crippen LogP contribution in [-0.4, -0.2) is 16.6 Å². The van der Waals surface area contributed by atoms with Crippen LogP contribution in [0.15, 0.2) is 35.1 Å². The molecule has 19 heavy (non-hydrogen) atoms. The number of aryl methyl sites for hydroxylation is 1. The molecule has 0 aliphatic rings. The Bertz CT molecular complexity index is 553. The van der Waals surface area contributed by atoms with Gasteiger partial charge in [-0.25, -0.2) is 9.37 Å². The molecular formula is C14H17BrFN3. The second-order valence-electron chi connectivity index (χ2n) is 4.37. The number of aromatic nitrogens is 2. The predicted octanol–water partition coefficient (Wildman–Crippen LogP) is 3.50. The molecule has 0 spiro atoms. The van der Waals surface area contributed by atoms with E-state index in [4.69, 9.17) is 0 Å². The molecule has 5 heteroatoms. The lowest BCUT2D eigenvalue weighted by molar-refractivity contribution is 0.561. The van der Waals surface area contributed by atoms with Crippen molar-refractivity contribution in [2.45, 2.75) is 25.9 Å². The van der Waals surface area contributed by atoms with Crippen molar-refractivity contribution < 1.29 is 4.39 Å². The molecule has 1 unspecified atom stereocenters. The van der Waals surface area contributed by atoms with Crippen molar-refractivity contribution in [1.29, 1.82) is 0 Å². The number of rotatable bonds is 5. The van der Waals surface area contributed by atoms with Crippen molar-refractivity contribution in [1.82, 2.24) is 14.9 Å².